The zero-order valence-electron chi connectivity index (χ0n) is 7.34. The van der Waals surface area contributed by atoms with Crippen LogP contribution in [0.25, 0.3) is 0 Å². The number of urea groups is 1. The highest BCUT2D eigenvalue weighted by molar-refractivity contribution is 5.87. The number of hydrazone groups is 1. The van der Waals surface area contributed by atoms with Crippen molar-refractivity contribution in [1.82, 2.24) is 5.43 Å². The maximum absolute atomic E-state index is 10.3. The van der Waals surface area contributed by atoms with E-state index in [9.17, 15) is 4.79 Å². The standard InChI is InChI=1S/C8H15N3O/c1-2-6-3-4-7(5-6)10-11-8(9)12/h6H,2-5H2,1H3,(H3,9,11,12). The molecule has 1 aliphatic rings. The molecule has 0 heterocycles. The number of carbonyl (C=O) groups excluding carboxylic acids is 1. The first kappa shape index (κ1) is 9.03. The summed E-state index contributed by atoms with van der Waals surface area (Å²) in [6.07, 6.45) is 4.39. The van der Waals surface area contributed by atoms with Crippen LogP contribution in [0.5, 0.6) is 0 Å². The van der Waals surface area contributed by atoms with Crippen LogP contribution < -0.4 is 11.2 Å². The number of amides is 2. The third kappa shape index (κ3) is 2.53. The summed E-state index contributed by atoms with van der Waals surface area (Å²) < 4.78 is 0. The highest BCUT2D eigenvalue weighted by Gasteiger charge is 2.18. The van der Waals surface area contributed by atoms with Crippen LogP contribution in [0.1, 0.15) is 32.6 Å². The molecule has 1 unspecified atom stereocenters. The molecule has 68 valence electrons. The van der Waals surface area contributed by atoms with Crippen LogP contribution in [0.3, 0.4) is 0 Å². The summed E-state index contributed by atoms with van der Waals surface area (Å²) in [5, 5.41) is 3.91. The van der Waals surface area contributed by atoms with Crippen molar-refractivity contribution < 1.29 is 4.79 Å². The number of hydrogen-bond acceptors (Lipinski definition) is 2. The van der Waals surface area contributed by atoms with Crippen molar-refractivity contribution in [1.29, 1.82) is 0 Å². The van der Waals surface area contributed by atoms with E-state index in [0.29, 0.717) is 0 Å². The third-order valence-electron chi connectivity index (χ3n) is 2.27. The van der Waals surface area contributed by atoms with Crippen LogP contribution >= 0.6 is 0 Å². The van der Waals surface area contributed by atoms with Gasteiger partial charge in [0.15, 0.2) is 0 Å². The van der Waals surface area contributed by atoms with Gasteiger partial charge in [0, 0.05) is 5.71 Å². The van der Waals surface area contributed by atoms with Crippen LogP contribution in [-0.4, -0.2) is 11.7 Å². The van der Waals surface area contributed by atoms with Crippen molar-refractivity contribution in [2.24, 2.45) is 16.8 Å². The van der Waals surface area contributed by atoms with Gasteiger partial charge in [-0.3, -0.25) is 0 Å². The molecule has 0 saturated heterocycles. The molecule has 0 aliphatic heterocycles. The van der Waals surface area contributed by atoms with Crippen LogP contribution in [0, 0.1) is 5.92 Å². The molecule has 1 rings (SSSR count). The van der Waals surface area contributed by atoms with E-state index >= 15 is 0 Å². The maximum atomic E-state index is 10.3. The van der Waals surface area contributed by atoms with Crippen molar-refractivity contribution in [2.45, 2.75) is 32.6 Å². The van der Waals surface area contributed by atoms with Gasteiger partial charge in [-0.25, -0.2) is 10.2 Å². The Morgan fingerprint density at radius 3 is 3.08 bits per heavy atom. The second kappa shape index (κ2) is 4.09. The first-order chi connectivity index (χ1) is 5.72. The number of rotatable bonds is 2. The maximum Gasteiger partial charge on any atom is 0.332 e. The Morgan fingerprint density at radius 1 is 1.83 bits per heavy atom. The topological polar surface area (TPSA) is 67.5 Å². The van der Waals surface area contributed by atoms with Crippen LogP contribution in [0.2, 0.25) is 0 Å². The fourth-order valence-corrected chi connectivity index (χ4v) is 1.49. The summed E-state index contributed by atoms with van der Waals surface area (Å²) in [6.45, 7) is 2.18. The first-order valence-electron chi connectivity index (χ1n) is 4.33. The lowest BCUT2D eigenvalue weighted by Gasteiger charge is -2.00. The Bertz CT molecular complexity index is 200. The Kier molecular flexibility index (Phi) is 3.08. The average Bonchev–Trinajstić information content (AvgIpc) is 2.48. The molecule has 2 amide bonds. The van der Waals surface area contributed by atoms with E-state index in [1.807, 2.05) is 0 Å². The van der Waals surface area contributed by atoms with Gasteiger partial charge in [0.2, 0.25) is 0 Å². The molecule has 4 nitrogen and oxygen atoms in total. The number of primary amides is 1. The summed E-state index contributed by atoms with van der Waals surface area (Å²) in [7, 11) is 0. The van der Waals surface area contributed by atoms with Gasteiger partial charge in [-0.05, 0) is 25.2 Å². The molecule has 3 N–H and O–H groups in total. The zero-order valence-corrected chi connectivity index (χ0v) is 7.34. The van der Waals surface area contributed by atoms with Crippen molar-refractivity contribution in [3.63, 3.8) is 0 Å². The molecule has 1 fully saturated rings. The van der Waals surface area contributed by atoms with Crippen molar-refractivity contribution in [3.05, 3.63) is 0 Å². The second-order valence-electron chi connectivity index (χ2n) is 3.17. The molecule has 0 radical (unpaired) electrons. The lowest BCUT2D eigenvalue weighted by molar-refractivity contribution is 0.249. The van der Waals surface area contributed by atoms with E-state index in [0.717, 1.165) is 24.5 Å². The monoisotopic (exact) mass is 169 g/mol. The van der Waals surface area contributed by atoms with Crippen molar-refractivity contribution in [3.8, 4) is 0 Å². The van der Waals surface area contributed by atoms with Gasteiger partial charge in [0.25, 0.3) is 0 Å². The summed E-state index contributed by atoms with van der Waals surface area (Å²) in [5.41, 5.74) is 8.21. The lowest BCUT2D eigenvalue weighted by atomic mass is 10.1. The lowest BCUT2D eigenvalue weighted by Crippen LogP contribution is -2.25. The molecule has 0 aromatic carbocycles. The van der Waals surface area contributed by atoms with E-state index in [1.165, 1.54) is 12.8 Å². The quantitative estimate of drug-likeness (QED) is 0.599. The highest BCUT2D eigenvalue weighted by Crippen LogP contribution is 2.25. The second-order valence-corrected chi connectivity index (χ2v) is 3.17. The molecule has 0 aromatic heterocycles. The Balaban J connectivity index is 2.35. The molecule has 1 saturated carbocycles. The Morgan fingerprint density at radius 2 is 2.58 bits per heavy atom. The van der Waals surface area contributed by atoms with Gasteiger partial charge >= 0.3 is 6.03 Å². The minimum Gasteiger partial charge on any atom is -0.350 e. The molecule has 0 aromatic rings. The number of nitrogens with two attached hydrogens (primary N) is 1. The van der Waals surface area contributed by atoms with Crippen LogP contribution in [0.4, 0.5) is 4.79 Å². The van der Waals surface area contributed by atoms with E-state index in [4.69, 9.17) is 5.73 Å². The minimum atomic E-state index is -0.581. The van der Waals surface area contributed by atoms with E-state index in [1.54, 1.807) is 0 Å². The predicted molar refractivity (Wildman–Crippen MR) is 47.8 cm³/mol. The van der Waals surface area contributed by atoms with Gasteiger partial charge in [0.05, 0.1) is 0 Å². The SMILES string of the molecule is CCC1CCC(=NNC(N)=O)C1. The Hall–Kier alpha value is -1.06. The predicted octanol–water partition coefficient (Wildman–Crippen LogP) is 1.22. The first-order valence-corrected chi connectivity index (χ1v) is 4.33. The van der Waals surface area contributed by atoms with Crippen molar-refractivity contribution in [2.75, 3.05) is 0 Å². The number of hydrogen-bond donors (Lipinski definition) is 2. The highest BCUT2D eigenvalue weighted by atomic mass is 16.2. The number of carbonyl (C=O) groups is 1. The van der Waals surface area contributed by atoms with Gasteiger partial charge in [-0.1, -0.05) is 13.3 Å². The largest absolute Gasteiger partial charge is 0.350 e. The third-order valence-corrected chi connectivity index (χ3v) is 2.27. The summed E-state index contributed by atoms with van der Waals surface area (Å²) >= 11 is 0. The molecule has 1 aliphatic carbocycles. The molecular weight excluding hydrogens is 154 g/mol. The smallest absolute Gasteiger partial charge is 0.332 e. The summed E-state index contributed by atoms with van der Waals surface area (Å²) in [6, 6.07) is -0.581. The van der Waals surface area contributed by atoms with E-state index in [-0.39, 0.29) is 0 Å². The molecule has 12 heavy (non-hydrogen) atoms. The molecule has 0 spiro atoms. The minimum absolute atomic E-state index is 0.581. The molecule has 1 atom stereocenters. The van der Waals surface area contributed by atoms with Crippen LogP contribution in [-0.2, 0) is 0 Å². The van der Waals surface area contributed by atoms with Crippen LogP contribution in [0.15, 0.2) is 5.10 Å². The van der Waals surface area contributed by atoms with Gasteiger partial charge in [0.1, 0.15) is 0 Å². The van der Waals surface area contributed by atoms with Gasteiger partial charge < -0.3 is 5.73 Å². The summed E-state index contributed by atoms with van der Waals surface area (Å²) in [4.78, 5) is 10.3. The molecule has 4 heteroatoms. The molecular formula is C8H15N3O. The normalized spacial score (nSPS) is 26.1. The van der Waals surface area contributed by atoms with E-state index in [2.05, 4.69) is 17.5 Å². The van der Waals surface area contributed by atoms with Crippen molar-refractivity contribution >= 4 is 11.7 Å². The fourth-order valence-electron chi connectivity index (χ4n) is 1.49. The number of nitrogens with zero attached hydrogens (tertiary/aromatic N) is 1. The fraction of sp³-hybridized carbons (Fsp3) is 0.750. The molecule has 0 bridgehead atoms. The zero-order chi connectivity index (χ0) is 8.97. The van der Waals surface area contributed by atoms with E-state index < -0.39 is 6.03 Å². The average molecular weight is 169 g/mol. The summed E-state index contributed by atoms with van der Waals surface area (Å²) in [5.74, 6) is 0.749. The van der Waals surface area contributed by atoms with Gasteiger partial charge in [-0.2, -0.15) is 5.10 Å². The Labute approximate surface area is 72.2 Å². The van der Waals surface area contributed by atoms with Gasteiger partial charge in [-0.15, -0.1) is 0 Å². The number of nitrogens with one attached hydrogen (secondary N) is 1.